The van der Waals surface area contributed by atoms with Gasteiger partial charge in [-0.05, 0) is 37.8 Å². The lowest BCUT2D eigenvalue weighted by molar-refractivity contribution is 0.0483. The van der Waals surface area contributed by atoms with E-state index in [4.69, 9.17) is 4.74 Å². The molecule has 0 amide bonds. The van der Waals surface area contributed by atoms with Gasteiger partial charge in [0.05, 0.1) is 13.2 Å². The number of ether oxygens (including phenoxy) is 1. The van der Waals surface area contributed by atoms with Crippen molar-refractivity contribution in [1.29, 1.82) is 0 Å². The Morgan fingerprint density at radius 1 is 1.31 bits per heavy atom. The summed E-state index contributed by atoms with van der Waals surface area (Å²) in [6.07, 6.45) is 2.30. The largest absolute Gasteiger partial charge is 0.378 e. The zero-order valence-electron chi connectivity index (χ0n) is 10.2. The highest BCUT2D eigenvalue weighted by Crippen LogP contribution is 2.12. The number of morpholine rings is 1. The lowest BCUT2D eigenvalue weighted by atomic mass is 10.0. The van der Waals surface area contributed by atoms with Crippen LogP contribution in [0.5, 0.6) is 0 Å². The highest BCUT2D eigenvalue weighted by molar-refractivity contribution is 5.25. The van der Waals surface area contributed by atoms with Crippen LogP contribution in [0.3, 0.4) is 0 Å². The molecule has 1 N–H and O–H groups in total. The first-order chi connectivity index (χ1) is 7.75. The summed E-state index contributed by atoms with van der Waals surface area (Å²) >= 11 is 0. The third-order valence-electron chi connectivity index (χ3n) is 3.23. The second kappa shape index (κ2) is 5.46. The minimum Gasteiger partial charge on any atom is -0.378 e. The molecule has 1 aliphatic heterocycles. The molecule has 0 aliphatic carbocycles. The summed E-state index contributed by atoms with van der Waals surface area (Å²) in [6, 6.07) is 9.64. The Morgan fingerprint density at radius 2 is 2.12 bits per heavy atom. The summed E-state index contributed by atoms with van der Waals surface area (Å²) in [6.45, 7) is 6.07. The van der Waals surface area contributed by atoms with Crippen LogP contribution in [0.2, 0.25) is 0 Å². The molecule has 1 fully saturated rings. The van der Waals surface area contributed by atoms with Crippen LogP contribution in [0.15, 0.2) is 24.3 Å². The Balaban J connectivity index is 1.85. The van der Waals surface area contributed by atoms with E-state index >= 15 is 0 Å². The molecule has 0 spiro atoms. The molecular formula is C14H21NO. The van der Waals surface area contributed by atoms with Crippen LogP contribution in [-0.2, 0) is 11.2 Å². The minimum absolute atomic E-state index is 0.496. The van der Waals surface area contributed by atoms with Crippen molar-refractivity contribution in [1.82, 2.24) is 5.32 Å². The van der Waals surface area contributed by atoms with Crippen molar-refractivity contribution >= 4 is 0 Å². The monoisotopic (exact) mass is 219 g/mol. The fraction of sp³-hybridized carbons (Fsp3) is 0.571. The van der Waals surface area contributed by atoms with E-state index in [0.29, 0.717) is 12.1 Å². The molecule has 0 bridgehead atoms. The zero-order chi connectivity index (χ0) is 11.4. The van der Waals surface area contributed by atoms with Gasteiger partial charge in [0.15, 0.2) is 0 Å². The van der Waals surface area contributed by atoms with Crippen LogP contribution in [0, 0.1) is 6.92 Å². The van der Waals surface area contributed by atoms with Crippen molar-refractivity contribution in [2.24, 2.45) is 0 Å². The fourth-order valence-electron chi connectivity index (χ4n) is 2.27. The van der Waals surface area contributed by atoms with Crippen molar-refractivity contribution in [3.63, 3.8) is 0 Å². The second-order valence-electron chi connectivity index (χ2n) is 4.77. The SMILES string of the molecule is Cc1ccccc1CCC1COCC(C)N1. The minimum atomic E-state index is 0.496. The first-order valence-corrected chi connectivity index (χ1v) is 6.14. The Hall–Kier alpha value is -0.860. The molecule has 88 valence electrons. The van der Waals surface area contributed by atoms with E-state index < -0.39 is 0 Å². The summed E-state index contributed by atoms with van der Waals surface area (Å²) < 4.78 is 5.55. The fourth-order valence-corrected chi connectivity index (χ4v) is 2.27. The van der Waals surface area contributed by atoms with Gasteiger partial charge in [-0.2, -0.15) is 0 Å². The van der Waals surface area contributed by atoms with Gasteiger partial charge in [0.2, 0.25) is 0 Å². The molecule has 2 rings (SSSR count). The first kappa shape index (κ1) is 11.6. The van der Waals surface area contributed by atoms with Gasteiger partial charge < -0.3 is 10.1 Å². The van der Waals surface area contributed by atoms with Crippen LogP contribution in [0.1, 0.15) is 24.5 Å². The van der Waals surface area contributed by atoms with Gasteiger partial charge in [0.1, 0.15) is 0 Å². The maximum atomic E-state index is 5.55. The number of aryl methyl sites for hydroxylation is 2. The van der Waals surface area contributed by atoms with Crippen LogP contribution in [0.4, 0.5) is 0 Å². The van der Waals surface area contributed by atoms with Crippen LogP contribution in [0.25, 0.3) is 0 Å². The van der Waals surface area contributed by atoms with Crippen LogP contribution < -0.4 is 5.32 Å². The standard InChI is InChI=1S/C14H21NO/c1-11-5-3-4-6-13(11)7-8-14-10-16-9-12(2)15-14/h3-6,12,14-15H,7-10H2,1-2H3. The predicted molar refractivity (Wildman–Crippen MR) is 66.7 cm³/mol. The summed E-state index contributed by atoms with van der Waals surface area (Å²) in [5, 5.41) is 3.58. The van der Waals surface area contributed by atoms with E-state index in [0.717, 1.165) is 26.1 Å². The maximum absolute atomic E-state index is 5.55. The Morgan fingerprint density at radius 3 is 2.88 bits per heavy atom. The lowest BCUT2D eigenvalue weighted by Crippen LogP contribution is -2.47. The predicted octanol–water partition coefficient (Wildman–Crippen LogP) is 2.30. The van der Waals surface area contributed by atoms with Gasteiger partial charge in [0, 0.05) is 12.1 Å². The quantitative estimate of drug-likeness (QED) is 0.842. The van der Waals surface area contributed by atoms with E-state index in [1.165, 1.54) is 11.1 Å². The normalized spacial score (nSPS) is 25.6. The molecule has 16 heavy (non-hydrogen) atoms. The molecule has 2 nitrogen and oxygen atoms in total. The van der Waals surface area contributed by atoms with Crippen molar-refractivity contribution in [2.75, 3.05) is 13.2 Å². The average Bonchev–Trinajstić information content (AvgIpc) is 2.28. The van der Waals surface area contributed by atoms with Gasteiger partial charge in [-0.25, -0.2) is 0 Å². The molecule has 0 aromatic heterocycles. The van der Waals surface area contributed by atoms with E-state index in [9.17, 15) is 0 Å². The van der Waals surface area contributed by atoms with Gasteiger partial charge >= 0.3 is 0 Å². The molecule has 0 saturated carbocycles. The third-order valence-corrected chi connectivity index (χ3v) is 3.23. The van der Waals surface area contributed by atoms with E-state index in [-0.39, 0.29) is 0 Å². The molecular weight excluding hydrogens is 198 g/mol. The molecule has 1 heterocycles. The van der Waals surface area contributed by atoms with Crippen LogP contribution in [-0.4, -0.2) is 25.3 Å². The number of rotatable bonds is 3. The van der Waals surface area contributed by atoms with Gasteiger partial charge in [-0.15, -0.1) is 0 Å². The molecule has 2 heteroatoms. The second-order valence-corrected chi connectivity index (χ2v) is 4.77. The number of hydrogen-bond acceptors (Lipinski definition) is 2. The number of nitrogens with one attached hydrogen (secondary N) is 1. The summed E-state index contributed by atoms with van der Waals surface area (Å²) in [5.74, 6) is 0. The van der Waals surface area contributed by atoms with Crippen molar-refractivity contribution < 1.29 is 4.74 Å². The molecule has 2 unspecified atom stereocenters. The zero-order valence-corrected chi connectivity index (χ0v) is 10.2. The molecule has 1 aromatic carbocycles. The molecule has 1 aliphatic rings. The summed E-state index contributed by atoms with van der Waals surface area (Å²) in [5.41, 5.74) is 2.86. The summed E-state index contributed by atoms with van der Waals surface area (Å²) in [7, 11) is 0. The topological polar surface area (TPSA) is 21.3 Å². The number of benzene rings is 1. The van der Waals surface area contributed by atoms with Gasteiger partial charge in [-0.1, -0.05) is 24.3 Å². The van der Waals surface area contributed by atoms with Crippen molar-refractivity contribution in [2.45, 2.75) is 38.8 Å². The summed E-state index contributed by atoms with van der Waals surface area (Å²) in [4.78, 5) is 0. The van der Waals surface area contributed by atoms with Crippen molar-refractivity contribution in [3.05, 3.63) is 35.4 Å². The first-order valence-electron chi connectivity index (χ1n) is 6.14. The van der Waals surface area contributed by atoms with E-state index in [1.54, 1.807) is 0 Å². The number of hydrogen-bond donors (Lipinski definition) is 1. The van der Waals surface area contributed by atoms with Gasteiger partial charge in [-0.3, -0.25) is 0 Å². The molecule has 2 atom stereocenters. The Labute approximate surface area is 98.0 Å². The molecule has 1 saturated heterocycles. The smallest absolute Gasteiger partial charge is 0.0620 e. The average molecular weight is 219 g/mol. The van der Waals surface area contributed by atoms with E-state index in [2.05, 4.69) is 43.4 Å². The molecule has 1 aromatic rings. The highest BCUT2D eigenvalue weighted by atomic mass is 16.5. The highest BCUT2D eigenvalue weighted by Gasteiger charge is 2.17. The lowest BCUT2D eigenvalue weighted by Gasteiger charge is -2.29. The van der Waals surface area contributed by atoms with E-state index in [1.807, 2.05) is 0 Å². The maximum Gasteiger partial charge on any atom is 0.0620 e. The molecule has 0 radical (unpaired) electrons. The Kier molecular flexibility index (Phi) is 3.97. The third kappa shape index (κ3) is 3.06. The van der Waals surface area contributed by atoms with Gasteiger partial charge in [0.25, 0.3) is 0 Å². The Bertz CT molecular complexity index is 337. The van der Waals surface area contributed by atoms with Crippen molar-refractivity contribution in [3.8, 4) is 0 Å². The van der Waals surface area contributed by atoms with Crippen LogP contribution >= 0.6 is 0 Å².